The van der Waals surface area contributed by atoms with Gasteiger partial charge in [0.05, 0.1) is 11.9 Å². The molecule has 0 saturated carbocycles. The Labute approximate surface area is 151 Å². The second-order valence-electron chi connectivity index (χ2n) is 6.51. The summed E-state index contributed by atoms with van der Waals surface area (Å²) in [6, 6.07) is 1.80. The lowest BCUT2D eigenvalue weighted by molar-refractivity contribution is 0.0674. The van der Waals surface area contributed by atoms with E-state index in [1.54, 1.807) is 41.6 Å². The van der Waals surface area contributed by atoms with Crippen LogP contribution in [0.1, 0.15) is 28.9 Å². The molecular formula is C18H21N7O. The smallest absolute Gasteiger partial charge is 0.259 e. The first kappa shape index (κ1) is 16.4. The number of hydrogen-bond donors (Lipinski definition) is 1. The number of nitrogens with zero attached hydrogens (tertiary/aromatic N) is 6. The maximum absolute atomic E-state index is 13.0. The Balaban J connectivity index is 1.50. The van der Waals surface area contributed by atoms with Gasteiger partial charge in [-0.15, -0.1) is 0 Å². The van der Waals surface area contributed by atoms with Crippen molar-refractivity contribution in [2.45, 2.75) is 19.3 Å². The monoisotopic (exact) mass is 351 g/mol. The number of carbonyl (C=O) groups excluding carboxylic acids is 1. The fourth-order valence-corrected chi connectivity index (χ4v) is 3.56. The van der Waals surface area contributed by atoms with Crippen molar-refractivity contribution in [2.24, 2.45) is 5.92 Å². The molecule has 1 unspecified atom stereocenters. The summed E-state index contributed by atoms with van der Waals surface area (Å²) in [5.74, 6) is 1.17. The highest BCUT2D eigenvalue weighted by Gasteiger charge is 2.27. The number of anilines is 1. The van der Waals surface area contributed by atoms with Crippen LogP contribution in [-0.4, -0.2) is 55.5 Å². The molecule has 1 aliphatic heterocycles. The quantitative estimate of drug-likeness (QED) is 0.769. The molecule has 4 rings (SSSR count). The molecule has 1 atom stereocenters. The zero-order valence-corrected chi connectivity index (χ0v) is 14.7. The summed E-state index contributed by atoms with van der Waals surface area (Å²) in [5.41, 5.74) is 2.11. The third kappa shape index (κ3) is 3.10. The van der Waals surface area contributed by atoms with Gasteiger partial charge >= 0.3 is 0 Å². The normalized spacial score (nSPS) is 17.4. The standard InChI is InChI=1S/C18H21N7O/c1-19-16-15(20-6-7-21-16)10-13-4-2-8-24(12-13)18(26)14-11-23-25-9-3-5-22-17(14)25/h3,5-7,9,11,13H,2,4,8,10,12H2,1H3,(H,19,21). The Morgan fingerprint density at radius 3 is 3.04 bits per heavy atom. The second-order valence-corrected chi connectivity index (χ2v) is 6.51. The summed E-state index contributed by atoms with van der Waals surface area (Å²) in [6.45, 7) is 1.47. The van der Waals surface area contributed by atoms with Gasteiger partial charge in [-0.25, -0.2) is 14.5 Å². The number of amides is 1. The number of aromatic nitrogens is 5. The molecular weight excluding hydrogens is 330 g/mol. The molecule has 1 saturated heterocycles. The lowest BCUT2D eigenvalue weighted by Gasteiger charge is -2.32. The maximum atomic E-state index is 13.0. The number of fused-ring (bicyclic) bond motifs is 1. The minimum absolute atomic E-state index is 0.00335. The van der Waals surface area contributed by atoms with Crippen molar-refractivity contribution in [1.29, 1.82) is 0 Å². The maximum Gasteiger partial charge on any atom is 0.259 e. The Morgan fingerprint density at radius 1 is 1.27 bits per heavy atom. The van der Waals surface area contributed by atoms with Crippen molar-refractivity contribution in [1.82, 2.24) is 29.5 Å². The average molecular weight is 351 g/mol. The first-order valence-corrected chi connectivity index (χ1v) is 8.81. The van der Waals surface area contributed by atoms with E-state index in [4.69, 9.17) is 0 Å². The molecule has 8 nitrogen and oxygen atoms in total. The molecule has 1 amide bonds. The SMILES string of the molecule is CNc1nccnc1CC1CCCN(C(=O)c2cnn3cccnc23)C1. The van der Waals surface area contributed by atoms with Gasteiger partial charge in [-0.3, -0.25) is 9.78 Å². The topological polar surface area (TPSA) is 88.3 Å². The Bertz CT molecular complexity index is 923. The van der Waals surface area contributed by atoms with Crippen LogP contribution in [0.4, 0.5) is 5.82 Å². The molecule has 0 aliphatic carbocycles. The second kappa shape index (κ2) is 7.07. The minimum atomic E-state index is -0.00335. The van der Waals surface area contributed by atoms with Crippen LogP contribution in [0.5, 0.6) is 0 Å². The zero-order valence-electron chi connectivity index (χ0n) is 14.7. The highest BCUT2D eigenvalue weighted by molar-refractivity contribution is 5.99. The van der Waals surface area contributed by atoms with Crippen LogP contribution >= 0.6 is 0 Å². The summed E-state index contributed by atoms with van der Waals surface area (Å²) in [6.07, 6.45) is 11.4. The van der Waals surface area contributed by atoms with Gasteiger partial charge in [0.1, 0.15) is 11.4 Å². The number of carbonyl (C=O) groups is 1. The number of rotatable bonds is 4. The Hall–Kier alpha value is -3.03. The van der Waals surface area contributed by atoms with Gasteiger partial charge in [0, 0.05) is 44.9 Å². The molecule has 26 heavy (non-hydrogen) atoms. The van der Waals surface area contributed by atoms with Crippen LogP contribution in [0.15, 0.2) is 37.1 Å². The lowest BCUT2D eigenvalue weighted by atomic mass is 9.93. The summed E-state index contributed by atoms with van der Waals surface area (Å²) < 4.78 is 1.63. The molecule has 8 heteroatoms. The van der Waals surface area contributed by atoms with E-state index >= 15 is 0 Å². The first-order valence-electron chi connectivity index (χ1n) is 8.81. The summed E-state index contributed by atoms with van der Waals surface area (Å²) >= 11 is 0. The van der Waals surface area contributed by atoms with E-state index in [-0.39, 0.29) is 5.91 Å². The largest absolute Gasteiger partial charge is 0.372 e. The van der Waals surface area contributed by atoms with E-state index in [9.17, 15) is 4.79 Å². The average Bonchev–Trinajstić information content (AvgIpc) is 3.12. The molecule has 0 bridgehead atoms. The molecule has 1 aliphatic rings. The van der Waals surface area contributed by atoms with Gasteiger partial charge in [0.2, 0.25) is 0 Å². The predicted molar refractivity (Wildman–Crippen MR) is 96.9 cm³/mol. The number of nitrogens with one attached hydrogen (secondary N) is 1. The third-order valence-corrected chi connectivity index (χ3v) is 4.81. The van der Waals surface area contributed by atoms with Gasteiger partial charge in [0.15, 0.2) is 5.65 Å². The summed E-state index contributed by atoms with van der Waals surface area (Å²) in [5, 5.41) is 7.31. The molecule has 0 aromatic carbocycles. The van der Waals surface area contributed by atoms with E-state index in [2.05, 4.69) is 25.4 Å². The molecule has 1 fully saturated rings. The van der Waals surface area contributed by atoms with Crippen molar-refractivity contribution < 1.29 is 4.79 Å². The van der Waals surface area contributed by atoms with Crippen molar-refractivity contribution in [3.8, 4) is 0 Å². The molecule has 4 heterocycles. The van der Waals surface area contributed by atoms with Gasteiger partial charge in [-0.2, -0.15) is 5.10 Å². The molecule has 3 aromatic rings. The highest BCUT2D eigenvalue weighted by Crippen LogP contribution is 2.24. The van der Waals surface area contributed by atoms with Crippen molar-refractivity contribution in [3.63, 3.8) is 0 Å². The minimum Gasteiger partial charge on any atom is -0.372 e. The van der Waals surface area contributed by atoms with Gasteiger partial charge < -0.3 is 10.2 Å². The number of piperidine rings is 1. The van der Waals surface area contributed by atoms with Gasteiger partial charge in [-0.1, -0.05) is 0 Å². The zero-order chi connectivity index (χ0) is 17.9. The van der Waals surface area contributed by atoms with E-state index < -0.39 is 0 Å². The molecule has 0 spiro atoms. The fourth-order valence-electron chi connectivity index (χ4n) is 3.56. The number of likely N-dealkylation sites (tertiary alicyclic amines) is 1. The van der Waals surface area contributed by atoms with Crippen molar-refractivity contribution in [3.05, 3.63) is 48.3 Å². The van der Waals surface area contributed by atoms with Crippen LogP contribution in [0.25, 0.3) is 5.65 Å². The first-order chi connectivity index (χ1) is 12.8. The van der Waals surface area contributed by atoms with E-state index in [0.717, 1.165) is 37.3 Å². The van der Waals surface area contributed by atoms with E-state index in [1.165, 1.54) is 0 Å². The van der Waals surface area contributed by atoms with Gasteiger partial charge in [0.25, 0.3) is 5.91 Å². The Morgan fingerprint density at radius 2 is 2.15 bits per heavy atom. The molecule has 134 valence electrons. The highest BCUT2D eigenvalue weighted by atomic mass is 16.2. The molecule has 1 N–H and O–H groups in total. The lowest BCUT2D eigenvalue weighted by Crippen LogP contribution is -2.40. The van der Waals surface area contributed by atoms with Gasteiger partial charge in [-0.05, 0) is 31.2 Å². The van der Waals surface area contributed by atoms with E-state index in [1.807, 2.05) is 11.9 Å². The Kier molecular flexibility index (Phi) is 4.47. The van der Waals surface area contributed by atoms with Crippen molar-refractivity contribution >= 4 is 17.4 Å². The molecule has 3 aromatic heterocycles. The van der Waals surface area contributed by atoms with E-state index in [0.29, 0.717) is 23.7 Å². The number of hydrogen-bond acceptors (Lipinski definition) is 6. The van der Waals surface area contributed by atoms with Crippen LogP contribution in [0, 0.1) is 5.92 Å². The summed E-state index contributed by atoms with van der Waals surface area (Å²) in [7, 11) is 1.85. The van der Waals surface area contributed by atoms with Crippen molar-refractivity contribution in [2.75, 3.05) is 25.5 Å². The predicted octanol–water partition coefficient (Wildman–Crippen LogP) is 1.66. The van der Waals surface area contributed by atoms with Crippen LogP contribution < -0.4 is 5.32 Å². The van der Waals surface area contributed by atoms with Crippen LogP contribution in [0.3, 0.4) is 0 Å². The van der Waals surface area contributed by atoms with Crippen LogP contribution in [-0.2, 0) is 6.42 Å². The fraction of sp³-hybridized carbons (Fsp3) is 0.389. The summed E-state index contributed by atoms with van der Waals surface area (Å²) in [4.78, 5) is 28.0. The third-order valence-electron chi connectivity index (χ3n) is 4.81. The molecule has 0 radical (unpaired) electrons. The van der Waals surface area contributed by atoms with Crippen LogP contribution in [0.2, 0.25) is 0 Å².